The van der Waals surface area contributed by atoms with Gasteiger partial charge in [0.05, 0.1) is 0 Å². The average Bonchev–Trinajstić information content (AvgIpc) is 2.41. The summed E-state index contributed by atoms with van der Waals surface area (Å²) in [6.45, 7) is 6.65. The number of benzene rings is 2. The lowest BCUT2D eigenvalue weighted by Gasteiger charge is -2.18. The Labute approximate surface area is 145 Å². The summed E-state index contributed by atoms with van der Waals surface area (Å²) in [5.74, 6) is 0.624. The van der Waals surface area contributed by atoms with E-state index >= 15 is 0 Å². The summed E-state index contributed by atoms with van der Waals surface area (Å²) in [4.78, 5) is 0. The Morgan fingerprint density at radius 3 is 2.19 bits per heavy atom. The Bertz CT molecular complexity index is 594. The molecule has 112 valence electrons. The molecule has 0 aliphatic carbocycles. The van der Waals surface area contributed by atoms with Gasteiger partial charge in [0.1, 0.15) is 0 Å². The number of halogens is 2. The van der Waals surface area contributed by atoms with E-state index in [1.807, 2.05) is 0 Å². The minimum absolute atomic E-state index is 0.624. The first-order valence-corrected chi connectivity index (χ1v) is 9.28. The van der Waals surface area contributed by atoms with Gasteiger partial charge in [0.2, 0.25) is 0 Å². The van der Waals surface area contributed by atoms with Gasteiger partial charge in [-0.25, -0.2) is 0 Å². The number of rotatable bonds is 5. The average molecular weight is 410 g/mol. The fourth-order valence-corrected chi connectivity index (χ4v) is 3.90. The van der Waals surface area contributed by atoms with Gasteiger partial charge in [-0.1, -0.05) is 61.7 Å². The van der Waals surface area contributed by atoms with Gasteiger partial charge in [-0.2, -0.15) is 0 Å². The Kier molecular flexibility index (Phi) is 6.07. The van der Waals surface area contributed by atoms with Gasteiger partial charge >= 0.3 is 0 Å². The van der Waals surface area contributed by atoms with E-state index in [-0.39, 0.29) is 0 Å². The number of alkyl halides is 1. The zero-order valence-corrected chi connectivity index (χ0v) is 16.1. The molecule has 0 aliphatic rings. The van der Waals surface area contributed by atoms with Crippen LogP contribution >= 0.6 is 31.9 Å². The highest BCUT2D eigenvalue weighted by molar-refractivity contribution is 9.10. The summed E-state index contributed by atoms with van der Waals surface area (Å²) in [5.41, 5.74) is 7.12. The third-order valence-electron chi connectivity index (χ3n) is 3.96. The highest BCUT2D eigenvalue weighted by atomic mass is 79.9. The van der Waals surface area contributed by atoms with E-state index in [9.17, 15) is 0 Å². The van der Waals surface area contributed by atoms with Gasteiger partial charge in [-0.3, -0.25) is 0 Å². The normalized spacial score (nSPS) is 12.4. The zero-order valence-electron chi connectivity index (χ0n) is 12.9. The minimum Gasteiger partial charge on any atom is -0.0925 e. The SMILES string of the molecule is Cc1cc(C)c(CC(CBr)Cc2cccc(Br)c2)c(C)c1. The third-order valence-corrected chi connectivity index (χ3v) is 5.37. The summed E-state index contributed by atoms with van der Waals surface area (Å²) in [5, 5.41) is 1.03. The quantitative estimate of drug-likeness (QED) is 0.518. The molecule has 0 N–H and O–H groups in total. The van der Waals surface area contributed by atoms with E-state index in [4.69, 9.17) is 0 Å². The van der Waals surface area contributed by atoms with Crippen molar-refractivity contribution in [3.05, 3.63) is 68.7 Å². The van der Waals surface area contributed by atoms with Crippen molar-refractivity contribution in [1.82, 2.24) is 0 Å². The topological polar surface area (TPSA) is 0 Å². The van der Waals surface area contributed by atoms with Gasteiger partial charge in [0.15, 0.2) is 0 Å². The first-order chi connectivity index (χ1) is 9.99. The van der Waals surface area contributed by atoms with Crippen LogP contribution in [0.3, 0.4) is 0 Å². The highest BCUT2D eigenvalue weighted by Gasteiger charge is 2.13. The number of aryl methyl sites for hydroxylation is 3. The molecule has 0 aromatic heterocycles. The van der Waals surface area contributed by atoms with Gasteiger partial charge in [0.25, 0.3) is 0 Å². The third kappa shape index (κ3) is 4.69. The van der Waals surface area contributed by atoms with Crippen molar-refractivity contribution in [3.8, 4) is 0 Å². The molecule has 0 fully saturated rings. The summed E-state index contributed by atoms with van der Waals surface area (Å²) in [6.07, 6.45) is 2.24. The number of hydrogen-bond acceptors (Lipinski definition) is 0. The van der Waals surface area contributed by atoms with Crippen molar-refractivity contribution in [2.45, 2.75) is 33.6 Å². The van der Waals surface area contributed by atoms with Gasteiger partial charge in [0, 0.05) is 9.80 Å². The molecule has 1 atom stereocenters. The second kappa shape index (κ2) is 7.60. The van der Waals surface area contributed by atoms with Crippen molar-refractivity contribution in [1.29, 1.82) is 0 Å². The van der Waals surface area contributed by atoms with E-state index < -0.39 is 0 Å². The molecular weight excluding hydrogens is 388 g/mol. The molecule has 0 nitrogen and oxygen atoms in total. The first kappa shape index (κ1) is 16.8. The van der Waals surface area contributed by atoms with E-state index in [2.05, 4.69) is 89.0 Å². The standard InChI is InChI=1S/C19H22Br2/c1-13-7-14(2)19(15(3)8-13)11-17(12-20)9-16-5-4-6-18(21)10-16/h4-8,10,17H,9,11-12H2,1-3H3. The van der Waals surface area contributed by atoms with Crippen LogP contribution in [-0.2, 0) is 12.8 Å². The van der Waals surface area contributed by atoms with Gasteiger partial charge in [-0.15, -0.1) is 0 Å². The van der Waals surface area contributed by atoms with E-state index in [1.54, 1.807) is 0 Å². The van der Waals surface area contributed by atoms with Crippen LogP contribution in [0.2, 0.25) is 0 Å². The Morgan fingerprint density at radius 2 is 1.62 bits per heavy atom. The van der Waals surface area contributed by atoms with E-state index in [1.165, 1.54) is 27.8 Å². The van der Waals surface area contributed by atoms with Crippen molar-refractivity contribution in [3.63, 3.8) is 0 Å². The fraction of sp³-hybridized carbons (Fsp3) is 0.368. The van der Waals surface area contributed by atoms with Crippen LogP contribution in [0.25, 0.3) is 0 Å². The molecule has 0 heterocycles. The van der Waals surface area contributed by atoms with Crippen LogP contribution in [0.4, 0.5) is 0 Å². The summed E-state index contributed by atoms with van der Waals surface area (Å²) >= 11 is 7.26. The first-order valence-electron chi connectivity index (χ1n) is 7.36. The smallest absolute Gasteiger partial charge is 0.0177 e. The van der Waals surface area contributed by atoms with Crippen LogP contribution in [0, 0.1) is 26.7 Å². The maximum atomic E-state index is 3.70. The van der Waals surface area contributed by atoms with Crippen LogP contribution < -0.4 is 0 Å². The fourth-order valence-electron chi connectivity index (χ4n) is 3.00. The molecule has 2 rings (SSSR count). The molecule has 0 saturated heterocycles. The molecule has 0 spiro atoms. The van der Waals surface area contributed by atoms with Crippen LogP contribution in [0.15, 0.2) is 40.9 Å². The van der Waals surface area contributed by atoms with Crippen molar-refractivity contribution in [2.24, 2.45) is 5.92 Å². The Hall–Kier alpha value is -0.600. The van der Waals surface area contributed by atoms with Crippen LogP contribution in [0.5, 0.6) is 0 Å². The molecule has 21 heavy (non-hydrogen) atoms. The molecule has 1 unspecified atom stereocenters. The monoisotopic (exact) mass is 408 g/mol. The lowest BCUT2D eigenvalue weighted by atomic mass is 9.89. The molecule has 0 amide bonds. The molecule has 0 aliphatic heterocycles. The van der Waals surface area contributed by atoms with Crippen molar-refractivity contribution in [2.75, 3.05) is 5.33 Å². The molecule has 2 heteroatoms. The van der Waals surface area contributed by atoms with Crippen molar-refractivity contribution < 1.29 is 0 Å². The summed E-state index contributed by atoms with van der Waals surface area (Å²) in [6, 6.07) is 13.2. The minimum atomic E-state index is 0.624. The molecule has 0 saturated carbocycles. The van der Waals surface area contributed by atoms with Crippen molar-refractivity contribution >= 4 is 31.9 Å². The van der Waals surface area contributed by atoms with Gasteiger partial charge in [-0.05, 0) is 73.9 Å². The summed E-state index contributed by atoms with van der Waals surface area (Å²) in [7, 11) is 0. The summed E-state index contributed by atoms with van der Waals surface area (Å²) < 4.78 is 1.16. The predicted molar refractivity (Wildman–Crippen MR) is 99.5 cm³/mol. The number of hydrogen-bond donors (Lipinski definition) is 0. The molecular formula is C19H22Br2. The Morgan fingerprint density at radius 1 is 0.952 bits per heavy atom. The maximum Gasteiger partial charge on any atom is 0.0177 e. The van der Waals surface area contributed by atoms with Crippen LogP contribution in [-0.4, -0.2) is 5.33 Å². The van der Waals surface area contributed by atoms with E-state index in [0.29, 0.717) is 5.92 Å². The lowest BCUT2D eigenvalue weighted by Crippen LogP contribution is -2.12. The predicted octanol–water partition coefficient (Wildman–Crippen LogP) is 6.17. The zero-order chi connectivity index (χ0) is 15.4. The van der Waals surface area contributed by atoms with E-state index in [0.717, 1.165) is 22.6 Å². The largest absolute Gasteiger partial charge is 0.0925 e. The van der Waals surface area contributed by atoms with Crippen LogP contribution in [0.1, 0.15) is 27.8 Å². The molecule has 2 aromatic rings. The van der Waals surface area contributed by atoms with Gasteiger partial charge < -0.3 is 0 Å². The Balaban J connectivity index is 2.16. The maximum absolute atomic E-state index is 3.70. The molecule has 0 radical (unpaired) electrons. The lowest BCUT2D eigenvalue weighted by molar-refractivity contribution is 0.587. The second-order valence-electron chi connectivity index (χ2n) is 5.94. The molecule has 0 bridgehead atoms. The molecule has 2 aromatic carbocycles. The highest BCUT2D eigenvalue weighted by Crippen LogP contribution is 2.24. The second-order valence-corrected chi connectivity index (χ2v) is 7.50.